The van der Waals surface area contributed by atoms with Gasteiger partial charge >= 0.3 is 0 Å². The molecule has 2 aliphatic heterocycles. The van der Waals surface area contributed by atoms with Crippen LogP contribution in [0.15, 0.2) is 95.8 Å². The Morgan fingerprint density at radius 1 is 0.935 bits per heavy atom. The minimum atomic E-state index is -0.464. The van der Waals surface area contributed by atoms with E-state index in [4.69, 9.17) is 6.85 Å². The highest BCUT2D eigenvalue weighted by Crippen LogP contribution is 2.25. The van der Waals surface area contributed by atoms with Crippen molar-refractivity contribution in [1.29, 1.82) is 0 Å². The van der Waals surface area contributed by atoms with Crippen LogP contribution in [0, 0.1) is 0 Å². The first-order valence-corrected chi connectivity index (χ1v) is 9.77. The molecule has 0 saturated carbocycles. The Bertz CT molecular complexity index is 1580. The molecular formula is C26H21N3O2. The predicted octanol–water partition coefficient (Wildman–Crippen LogP) is 4.55. The second kappa shape index (κ2) is 7.95. The first kappa shape index (κ1) is 14.0. The molecule has 0 spiro atoms. The molecule has 2 N–H and O–H groups in total. The topological polar surface area (TPSA) is 70.9 Å². The number of nitrogens with zero attached hydrogens (tertiary/aromatic N) is 2. The number of benzene rings is 3. The van der Waals surface area contributed by atoms with Gasteiger partial charge in [0.1, 0.15) is 11.4 Å². The average Bonchev–Trinajstić information content (AvgIpc) is 3.20. The van der Waals surface area contributed by atoms with Crippen LogP contribution in [0.2, 0.25) is 0 Å². The highest BCUT2D eigenvalue weighted by Gasteiger charge is 2.20. The Labute approximate surface area is 186 Å². The van der Waals surface area contributed by atoms with Crippen molar-refractivity contribution in [2.45, 2.75) is 12.8 Å². The van der Waals surface area contributed by atoms with Gasteiger partial charge < -0.3 is 10.1 Å². The molecule has 31 heavy (non-hydrogen) atoms. The van der Waals surface area contributed by atoms with Gasteiger partial charge in [-0.3, -0.25) is 9.36 Å². The number of phenols is 1. The van der Waals surface area contributed by atoms with Crippen molar-refractivity contribution in [3.63, 3.8) is 0 Å². The molecule has 0 fully saturated rings. The number of aromatic amines is 1. The van der Waals surface area contributed by atoms with Crippen LogP contribution in [-0.4, -0.2) is 19.6 Å². The molecule has 5 nitrogen and oxygen atoms in total. The van der Waals surface area contributed by atoms with E-state index >= 15 is 0 Å². The first-order valence-electron chi connectivity index (χ1n) is 12.3. The molecule has 0 amide bonds. The normalized spacial score (nSPS) is 13.4. The van der Waals surface area contributed by atoms with Gasteiger partial charge in [0.2, 0.25) is 0 Å². The molecule has 3 aromatic carbocycles. The van der Waals surface area contributed by atoms with E-state index in [1.54, 1.807) is 18.3 Å². The van der Waals surface area contributed by atoms with Crippen molar-refractivity contribution >= 4 is 0 Å². The molecule has 5 heteroatoms. The Morgan fingerprint density at radius 3 is 2.42 bits per heavy atom. The zero-order valence-electron chi connectivity index (χ0n) is 21.4. The number of imidazole rings is 1. The van der Waals surface area contributed by atoms with Crippen LogP contribution in [0.3, 0.4) is 0 Å². The van der Waals surface area contributed by atoms with Crippen molar-refractivity contribution in [1.82, 2.24) is 14.5 Å². The van der Waals surface area contributed by atoms with Crippen molar-refractivity contribution in [3.05, 3.63) is 124 Å². The largest absolute Gasteiger partial charge is 0.508 e. The van der Waals surface area contributed by atoms with Gasteiger partial charge in [-0.15, -0.1) is 0 Å². The maximum Gasteiger partial charge on any atom is 0.278 e. The fraction of sp³-hybridized carbons (Fsp3) is 0.0769. The number of H-pyrrole nitrogens is 1. The molecule has 152 valence electrons. The minimum Gasteiger partial charge on any atom is -0.508 e. The van der Waals surface area contributed by atoms with Crippen molar-refractivity contribution < 1.29 is 12.0 Å². The summed E-state index contributed by atoms with van der Waals surface area (Å²) in [4.78, 5) is 21.2. The first-order chi connectivity index (χ1) is 17.2. The van der Waals surface area contributed by atoms with Gasteiger partial charge in [0.05, 0.1) is 18.2 Å². The van der Waals surface area contributed by atoms with Gasteiger partial charge in [0.15, 0.2) is 5.82 Å². The molecule has 0 aromatic heterocycles. The van der Waals surface area contributed by atoms with Gasteiger partial charge in [-0.2, -0.15) is 0 Å². The standard InChI is InChI=1S/C26H21N3O2/c30-21-13-11-20(12-14-21)24-17-29-25(22(27-24)15-18-7-3-1-4-8-18)28-23(26(29)31)16-19-9-5-2-6-10-19/h1-14,17,27,30H,15-16H2/i1D,3D,4D,7D,8D. The summed E-state index contributed by atoms with van der Waals surface area (Å²) in [7, 11) is 0. The lowest BCUT2D eigenvalue weighted by atomic mass is 10.1. The van der Waals surface area contributed by atoms with Crippen LogP contribution in [0.25, 0.3) is 17.1 Å². The molecule has 3 aromatic rings. The van der Waals surface area contributed by atoms with E-state index in [-0.39, 0.29) is 35.4 Å². The van der Waals surface area contributed by atoms with E-state index in [1.807, 2.05) is 30.3 Å². The number of phenolic OH excluding ortho intramolecular Hbond substituents is 1. The van der Waals surface area contributed by atoms with E-state index in [0.717, 1.165) is 5.56 Å². The number of hydrogen-bond acceptors (Lipinski definition) is 3. The van der Waals surface area contributed by atoms with E-state index in [2.05, 4.69) is 9.97 Å². The summed E-state index contributed by atoms with van der Waals surface area (Å²) in [6, 6.07) is 14.0. The lowest BCUT2D eigenvalue weighted by Crippen LogP contribution is -2.17. The summed E-state index contributed by atoms with van der Waals surface area (Å²) in [6.45, 7) is 0. The molecule has 0 atom stereocenters. The van der Waals surface area contributed by atoms with Gasteiger partial charge in [0, 0.05) is 19.0 Å². The number of aromatic hydroxyl groups is 1. The summed E-state index contributed by atoms with van der Waals surface area (Å²) < 4.78 is 42.0. The van der Waals surface area contributed by atoms with Crippen LogP contribution < -0.4 is 5.56 Å². The van der Waals surface area contributed by atoms with Crippen LogP contribution in [-0.2, 0) is 12.8 Å². The number of hydrogen-bond donors (Lipinski definition) is 2. The van der Waals surface area contributed by atoms with E-state index in [1.165, 1.54) is 16.7 Å². The number of fused-ring (bicyclic) bond motifs is 1. The molecular weight excluding hydrogens is 386 g/mol. The third-order valence-electron chi connectivity index (χ3n) is 5.05. The molecule has 2 aliphatic rings. The fourth-order valence-corrected chi connectivity index (χ4v) is 3.53. The summed E-state index contributed by atoms with van der Waals surface area (Å²) in [5.74, 6) is 0.414. The maximum absolute atomic E-state index is 13.3. The highest BCUT2D eigenvalue weighted by atomic mass is 16.3. The van der Waals surface area contributed by atoms with Gasteiger partial charge in [-0.25, -0.2) is 4.98 Å². The van der Waals surface area contributed by atoms with Crippen molar-refractivity contribution in [2.75, 3.05) is 0 Å². The lowest BCUT2D eigenvalue weighted by Gasteiger charge is -2.13. The summed E-state index contributed by atoms with van der Waals surface area (Å²) in [5, 5.41) is 9.68. The Kier molecular flexibility index (Phi) is 3.59. The average molecular weight is 413 g/mol. The molecule has 2 heterocycles. The van der Waals surface area contributed by atoms with Crippen LogP contribution in [0.5, 0.6) is 5.75 Å². The van der Waals surface area contributed by atoms with Crippen LogP contribution in [0.1, 0.15) is 29.4 Å². The maximum atomic E-state index is 13.3. The molecule has 0 saturated heterocycles. The molecule has 0 aliphatic carbocycles. The zero-order valence-corrected chi connectivity index (χ0v) is 16.4. The minimum absolute atomic E-state index is 0.0631. The third kappa shape index (κ3) is 3.85. The van der Waals surface area contributed by atoms with Gasteiger partial charge in [-0.05, 0) is 41.0 Å². The Balaban J connectivity index is 1.70. The zero-order chi connectivity index (χ0) is 25.6. The summed E-state index contributed by atoms with van der Waals surface area (Å²) in [5.41, 5.74) is 2.72. The van der Waals surface area contributed by atoms with Gasteiger partial charge in [0.25, 0.3) is 5.56 Å². The van der Waals surface area contributed by atoms with E-state index < -0.39 is 18.1 Å². The molecule has 0 unspecified atom stereocenters. The van der Waals surface area contributed by atoms with Crippen LogP contribution >= 0.6 is 0 Å². The SMILES string of the molecule is [2H]c1c([2H])c([2H])c(Cc2[nH]c(-c3ccc(O)cc3)cn3c(=O)c(Cc4ccccc4)nc2-3)c([2H])c1[2H]. The molecule has 0 bridgehead atoms. The second-order valence-corrected chi connectivity index (χ2v) is 7.19. The molecule has 0 radical (unpaired) electrons. The predicted molar refractivity (Wildman–Crippen MR) is 121 cm³/mol. The monoisotopic (exact) mass is 412 g/mol. The van der Waals surface area contributed by atoms with E-state index in [9.17, 15) is 9.90 Å². The smallest absolute Gasteiger partial charge is 0.278 e. The van der Waals surface area contributed by atoms with E-state index in [0.29, 0.717) is 34.9 Å². The van der Waals surface area contributed by atoms with Crippen molar-refractivity contribution in [2.24, 2.45) is 0 Å². The Hall–Kier alpha value is -4.12. The number of rotatable bonds is 5. The quantitative estimate of drug-likeness (QED) is 0.445. The lowest BCUT2D eigenvalue weighted by molar-refractivity contribution is 0.475. The van der Waals surface area contributed by atoms with Crippen LogP contribution in [0.4, 0.5) is 0 Å². The number of aromatic nitrogens is 3. The summed E-state index contributed by atoms with van der Waals surface area (Å²) in [6.07, 6.45) is 1.88. The Morgan fingerprint density at radius 2 is 1.68 bits per heavy atom. The van der Waals surface area contributed by atoms with Gasteiger partial charge in [-0.1, -0.05) is 60.5 Å². The third-order valence-corrected chi connectivity index (χ3v) is 5.05. The van der Waals surface area contributed by atoms with Crippen molar-refractivity contribution in [3.8, 4) is 22.8 Å². The fourth-order valence-electron chi connectivity index (χ4n) is 3.53. The summed E-state index contributed by atoms with van der Waals surface area (Å²) >= 11 is 0. The number of nitrogens with one attached hydrogen (secondary N) is 1. The second-order valence-electron chi connectivity index (χ2n) is 7.19. The highest BCUT2D eigenvalue weighted by molar-refractivity contribution is 5.61. The molecule has 5 rings (SSSR count).